The zero-order valence-electron chi connectivity index (χ0n) is 11.9. The molecule has 2 rings (SSSR count). The van der Waals surface area contributed by atoms with E-state index in [-0.39, 0.29) is 0 Å². The van der Waals surface area contributed by atoms with Crippen molar-refractivity contribution in [1.82, 2.24) is 0 Å². The molecule has 2 aromatic carbocycles. The summed E-state index contributed by atoms with van der Waals surface area (Å²) in [5.41, 5.74) is 7.76. The summed E-state index contributed by atoms with van der Waals surface area (Å²) in [4.78, 5) is 1.41. The van der Waals surface area contributed by atoms with Gasteiger partial charge in [0.25, 0.3) is 0 Å². The first kappa shape index (κ1) is 16.3. The summed E-state index contributed by atoms with van der Waals surface area (Å²) in [6.07, 6.45) is 0. The highest BCUT2D eigenvalue weighted by Crippen LogP contribution is 2.34. The van der Waals surface area contributed by atoms with Crippen LogP contribution in [0.3, 0.4) is 0 Å². The fraction of sp³-hybridized carbons (Fsp3) is 0.188. The van der Waals surface area contributed by atoms with Crippen molar-refractivity contribution in [1.29, 1.82) is 0 Å². The van der Waals surface area contributed by atoms with Crippen LogP contribution in [0.25, 0.3) is 0 Å². The Morgan fingerprint density at radius 2 is 2.05 bits per heavy atom. The van der Waals surface area contributed by atoms with Crippen LogP contribution in [0.2, 0.25) is 0 Å². The lowest BCUT2D eigenvalue weighted by Crippen LogP contribution is -2.12. The quantitative estimate of drug-likeness (QED) is 0.563. The van der Waals surface area contributed by atoms with E-state index in [1.54, 1.807) is 11.8 Å². The second-order valence-corrected chi connectivity index (χ2v) is 7.10. The van der Waals surface area contributed by atoms with Crippen molar-refractivity contribution in [3.63, 3.8) is 0 Å². The predicted octanol–water partition coefficient (Wildman–Crippen LogP) is 5.30. The molecule has 0 fully saturated rings. The molecule has 0 amide bonds. The molecular weight excluding hydrogens is 366 g/mol. The summed E-state index contributed by atoms with van der Waals surface area (Å²) >= 11 is 10.4. The first-order chi connectivity index (χ1) is 10.0. The maximum absolute atomic E-state index is 6.06. The Balaban J connectivity index is 2.46. The summed E-state index contributed by atoms with van der Waals surface area (Å²) in [6, 6.07) is 11.8. The molecule has 0 saturated heterocycles. The van der Waals surface area contributed by atoms with Gasteiger partial charge in [-0.2, -0.15) is 0 Å². The van der Waals surface area contributed by atoms with E-state index in [1.165, 1.54) is 0 Å². The molecule has 2 N–H and O–H groups in total. The van der Waals surface area contributed by atoms with Crippen molar-refractivity contribution in [3.05, 3.63) is 52.0 Å². The Morgan fingerprint density at radius 3 is 2.71 bits per heavy atom. The number of aryl methyl sites for hydroxylation is 1. The summed E-state index contributed by atoms with van der Waals surface area (Å²) in [5.74, 6) is 2.44. The fourth-order valence-corrected chi connectivity index (χ4v) is 3.37. The van der Waals surface area contributed by atoms with Gasteiger partial charge in [0.1, 0.15) is 16.5 Å². The van der Waals surface area contributed by atoms with Crippen molar-refractivity contribution in [2.45, 2.75) is 18.7 Å². The van der Waals surface area contributed by atoms with Crippen LogP contribution in [-0.2, 0) is 0 Å². The van der Waals surface area contributed by atoms with Crippen LogP contribution in [-0.4, -0.2) is 10.7 Å². The Labute approximate surface area is 143 Å². The van der Waals surface area contributed by atoms with Crippen molar-refractivity contribution in [3.8, 4) is 11.5 Å². The first-order valence-corrected chi connectivity index (χ1v) is 8.71. The maximum atomic E-state index is 6.06. The molecule has 0 heterocycles. The molecular formula is C16H16BrNOS2. The second kappa shape index (κ2) is 7.29. The average Bonchev–Trinajstić information content (AvgIpc) is 2.43. The van der Waals surface area contributed by atoms with Crippen molar-refractivity contribution in [2.24, 2.45) is 5.73 Å². The Kier molecular flexibility index (Phi) is 5.67. The third kappa shape index (κ3) is 3.99. The number of thioether (sulfide) groups is 1. The Bertz CT molecular complexity index is 673. The van der Waals surface area contributed by atoms with Crippen LogP contribution in [0.5, 0.6) is 11.5 Å². The van der Waals surface area contributed by atoms with Gasteiger partial charge in [-0.3, -0.25) is 0 Å². The zero-order valence-corrected chi connectivity index (χ0v) is 15.1. The number of hydrogen-bond donors (Lipinski definition) is 1. The SMILES string of the molecule is CCSc1cccc(Oc2cc(Br)ccc2C)c1C(N)=S. The number of benzene rings is 2. The minimum Gasteiger partial charge on any atom is -0.456 e. The summed E-state index contributed by atoms with van der Waals surface area (Å²) < 4.78 is 7.03. The lowest BCUT2D eigenvalue weighted by Gasteiger charge is -2.15. The fourth-order valence-electron chi connectivity index (χ4n) is 1.92. The van der Waals surface area contributed by atoms with E-state index in [0.29, 0.717) is 10.7 Å². The van der Waals surface area contributed by atoms with Gasteiger partial charge in [-0.05, 0) is 42.5 Å². The molecule has 21 heavy (non-hydrogen) atoms. The van der Waals surface area contributed by atoms with Gasteiger partial charge in [0.2, 0.25) is 0 Å². The Hall–Kier alpha value is -1.04. The van der Waals surface area contributed by atoms with Gasteiger partial charge in [0, 0.05) is 9.37 Å². The maximum Gasteiger partial charge on any atom is 0.138 e. The molecule has 0 spiro atoms. The van der Waals surface area contributed by atoms with E-state index in [9.17, 15) is 0 Å². The Morgan fingerprint density at radius 1 is 1.29 bits per heavy atom. The largest absolute Gasteiger partial charge is 0.456 e. The standard InChI is InChI=1S/C16H16BrNOS2/c1-3-21-14-6-4-5-12(15(14)16(18)20)19-13-9-11(17)8-7-10(13)2/h4-9H,3H2,1-2H3,(H2,18,20). The van der Waals surface area contributed by atoms with Crippen LogP contribution in [0.4, 0.5) is 0 Å². The molecule has 0 atom stereocenters. The minimum absolute atomic E-state index is 0.356. The molecule has 5 heteroatoms. The highest BCUT2D eigenvalue weighted by Gasteiger charge is 2.14. The summed E-state index contributed by atoms with van der Waals surface area (Å²) in [6.45, 7) is 4.10. The van der Waals surface area contributed by atoms with Gasteiger partial charge in [-0.15, -0.1) is 11.8 Å². The summed E-state index contributed by atoms with van der Waals surface area (Å²) in [7, 11) is 0. The normalized spacial score (nSPS) is 10.4. The van der Waals surface area contributed by atoms with E-state index in [0.717, 1.165) is 32.0 Å². The second-order valence-electron chi connectivity index (χ2n) is 4.44. The number of hydrogen-bond acceptors (Lipinski definition) is 3. The molecule has 0 radical (unpaired) electrons. The molecule has 0 saturated carbocycles. The van der Waals surface area contributed by atoms with Gasteiger partial charge < -0.3 is 10.5 Å². The number of rotatable bonds is 5. The molecule has 2 nitrogen and oxygen atoms in total. The number of ether oxygens (including phenoxy) is 1. The van der Waals surface area contributed by atoms with Crippen molar-refractivity contribution >= 4 is 44.9 Å². The van der Waals surface area contributed by atoms with Crippen molar-refractivity contribution in [2.75, 3.05) is 5.75 Å². The molecule has 0 aliphatic rings. The topological polar surface area (TPSA) is 35.2 Å². The predicted molar refractivity (Wildman–Crippen MR) is 97.7 cm³/mol. The third-order valence-electron chi connectivity index (χ3n) is 2.90. The van der Waals surface area contributed by atoms with Crippen LogP contribution in [0.15, 0.2) is 45.8 Å². The van der Waals surface area contributed by atoms with E-state index in [1.807, 2.05) is 43.3 Å². The monoisotopic (exact) mass is 381 g/mol. The average molecular weight is 382 g/mol. The molecule has 0 bridgehead atoms. The number of nitrogens with two attached hydrogens (primary N) is 1. The van der Waals surface area contributed by atoms with Crippen LogP contribution >= 0.6 is 39.9 Å². The first-order valence-electron chi connectivity index (χ1n) is 6.52. The van der Waals surface area contributed by atoms with E-state index >= 15 is 0 Å². The molecule has 0 aromatic heterocycles. The zero-order chi connectivity index (χ0) is 15.4. The van der Waals surface area contributed by atoms with Crippen LogP contribution in [0.1, 0.15) is 18.1 Å². The van der Waals surface area contributed by atoms with Gasteiger partial charge in [0.05, 0.1) is 5.56 Å². The minimum atomic E-state index is 0.356. The molecule has 0 aliphatic heterocycles. The van der Waals surface area contributed by atoms with E-state index in [2.05, 4.69) is 22.9 Å². The van der Waals surface area contributed by atoms with Crippen molar-refractivity contribution < 1.29 is 4.74 Å². The smallest absolute Gasteiger partial charge is 0.138 e. The highest BCUT2D eigenvalue weighted by atomic mass is 79.9. The van der Waals surface area contributed by atoms with Crippen LogP contribution < -0.4 is 10.5 Å². The lowest BCUT2D eigenvalue weighted by molar-refractivity contribution is 0.476. The highest BCUT2D eigenvalue weighted by molar-refractivity contribution is 9.10. The van der Waals surface area contributed by atoms with Gasteiger partial charge in [-0.25, -0.2) is 0 Å². The molecule has 110 valence electrons. The van der Waals surface area contributed by atoms with Gasteiger partial charge in [-0.1, -0.05) is 47.2 Å². The van der Waals surface area contributed by atoms with E-state index in [4.69, 9.17) is 22.7 Å². The third-order valence-corrected chi connectivity index (χ3v) is 4.54. The molecule has 0 unspecified atom stereocenters. The van der Waals surface area contributed by atoms with Gasteiger partial charge in [0.15, 0.2) is 0 Å². The number of thiocarbonyl (C=S) groups is 1. The van der Waals surface area contributed by atoms with E-state index < -0.39 is 0 Å². The lowest BCUT2D eigenvalue weighted by atomic mass is 10.2. The van der Waals surface area contributed by atoms with Gasteiger partial charge >= 0.3 is 0 Å². The summed E-state index contributed by atoms with van der Waals surface area (Å²) in [5, 5.41) is 0. The number of halogens is 1. The molecule has 0 aliphatic carbocycles. The van der Waals surface area contributed by atoms with Crippen LogP contribution in [0, 0.1) is 6.92 Å². The molecule has 2 aromatic rings.